The van der Waals surface area contributed by atoms with Crippen molar-refractivity contribution in [3.8, 4) is 0 Å². The van der Waals surface area contributed by atoms with Gasteiger partial charge in [-0.15, -0.1) is 0 Å². The highest BCUT2D eigenvalue weighted by Gasteiger charge is 2.30. The van der Waals surface area contributed by atoms with E-state index in [1.54, 1.807) is 4.90 Å². The summed E-state index contributed by atoms with van der Waals surface area (Å²) in [5.41, 5.74) is -0.0460. The lowest BCUT2D eigenvalue weighted by Gasteiger charge is -2.35. The van der Waals surface area contributed by atoms with Gasteiger partial charge in [-0.05, 0) is 24.3 Å². The summed E-state index contributed by atoms with van der Waals surface area (Å²) in [5.74, 6) is 0.0388. The average Bonchev–Trinajstić information content (AvgIpc) is 2.81. The van der Waals surface area contributed by atoms with Crippen molar-refractivity contribution < 1.29 is 18.3 Å². The standard InChI is InChI=1S/C17H22F2N2O2S/c18-13-2-3-15(16(19)10-13)17(22)21-4-1-9-24-12-14(21)11-20-5-7-23-8-6-20/h2-3,10,14H,1,4-9,11-12H2. The fraction of sp³-hybridized carbons (Fsp3) is 0.588. The van der Waals surface area contributed by atoms with Gasteiger partial charge in [0.1, 0.15) is 11.6 Å². The third-order valence-electron chi connectivity index (χ3n) is 4.43. The fourth-order valence-electron chi connectivity index (χ4n) is 3.15. The number of thioether (sulfide) groups is 1. The Balaban J connectivity index is 1.76. The number of amides is 1. The molecule has 0 aromatic heterocycles. The summed E-state index contributed by atoms with van der Waals surface area (Å²) in [6, 6.07) is 3.19. The van der Waals surface area contributed by atoms with Gasteiger partial charge in [-0.25, -0.2) is 8.78 Å². The van der Waals surface area contributed by atoms with E-state index in [0.29, 0.717) is 19.8 Å². The largest absolute Gasteiger partial charge is 0.379 e. The van der Waals surface area contributed by atoms with Crippen LogP contribution < -0.4 is 0 Å². The Labute approximate surface area is 145 Å². The van der Waals surface area contributed by atoms with Gasteiger partial charge < -0.3 is 9.64 Å². The van der Waals surface area contributed by atoms with Gasteiger partial charge in [0, 0.05) is 38.0 Å². The lowest BCUT2D eigenvalue weighted by Crippen LogP contribution is -2.50. The summed E-state index contributed by atoms with van der Waals surface area (Å²) in [6.07, 6.45) is 0.888. The van der Waals surface area contributed by atoms with Crippen molar-refractivity contribution in [1.82, 2.24) is 9.80 Å². The zero-order valence-electron chi connectivity index (χ0n) is 13.5. The number of carbonyl (C=O) groups excluding carboxylic acids is 1. The molecule has 4 nitrogen and oxygen atoms in total. The van der Waals surface area contributed by atoms with E-state index >= 15 is 0 Å². The van der Waals surface area contributed by atoms with E-state index in [0.717, 1.165) is 49.7 Å². The van der Waals surface area contributed by atoms with Gasteiger partial charge in [-0.1, -0.05) is 0 Å². The molecule has 1 amide bonds. The molecule has 1 aromatic rings. The maximum absolute atomic E-state index is 14.0. The Morgan fingerprint density at radius 2 is 2.04 bits per heavy atom. The first-order valence-electron chi connectivity index (χ1n) is 8.29. The van der Waals surface area contributed by atoms with Crippen LogP contribution in [0.4, 0.5) is 8.78 Å². The van der Waals surface area contributed by atoms with Gasteiger partial charge in [-0.2, -0.15) is 11.8 Å². The summed E-state index contributed by atoms with van der Waals surface area (Å²) in [7, 11) is 0. The summed E-state index contributed by atoms with van der Waals surface area (Å²) in [5, 5.41) is 0. The van der Waals surface area contributed by atoms with E-state index in [1.807, 2.05) is 11.8 Å². The van der Waals surface area contributed by atoms with Gasteiger partial charge >= 0.3 is 0 Å². The maximum atomic E-state index is 14.0. The molecule has 1 aromatic carbocycles. The molecule has 7 heteroatoms. The number of ether oxygens (including phenoxy) is 1. The van der Waals surface area contributed by atoms with E-state index < -0.39 is 11.6 Å². The lowest BCUT2D eigenvalue weighted by atomic mass is 10.1. The number of rotatable bonds is 3. The predicted molar refractivity (Wildman–Crippen MR) is 90.4 cm³/mol. The number of benzene rings is 1. The third kappa shape index (κ3) is 4.26. The zero-order chi connectivity index (χ0) is 16.9. The smallest absolute Gasteiger partial charge is 0.257 e. The molecule has 0 aliphatic carbocycles. The number of halogens is 2. The van der Waals surface area contributed by atoms with Crippen molar-refractivity contribution in [2.24, 2.45) is 0 Å². The molecule has 2 heterocycles. The molecule has 3 rings (SSSR count). The first kappa shape index (κ1) is 17.6. The minimum Gasteiger partial charge on any atom is -0.379 e. The monoisotopic (exact) mass is 356 g/mol. The lowest BCUT2D eigenvalue weighted by molar-refractivity contribution is 0.0244. The van der Waals surface area contributed by atoms with Crippen LogP contribution in [0.5, 0.6) is 0 Å². The van der Waals surface area contributed by atoms with Crippen molar-refractivity contribution in [2.45, 2.75) is 12.5 Å². The number of carbonyl (C=O) groups is 1. The molecular weight excluding hydrogens is 334 g/mol. The Hall–Kier alpha value is -1.18. The Bertz CT molecular complexity index is 582. The average molecular weight is 356 g/mol. The van der Waals surface area contributed by atoms with Crippen LogP contribution in [-0.2, 0) is 4.74 Å². The van der Waals surface area contributed by atoms with Crippen molar-refractivity contribution in [3.63, 3.8) is 0 Å². The molecule has 2 fully saturated rings. The van der Waals surface area contributed by atoms with E-state index in [-0.39, 0.29) is 17.5 Å². The van der Waals surface area contributed by atoms with Crippen molar-refractivity contribution in [2.75, 3.05) is 50.9 Å². The second-order valence-corrected chi connectivity index (χ2v) is 7.27. The molecule has 0 bridgehead atoms. The molecule has 2 aliphatic rings. The molecule has 0 spiro atoms. The normalized spacial score (nSPS) is 23.1. The molecular formula is C17H22F2N2O2S. The topological polar surface area (TPSA) is 32.8 Å². The first-order valence-corrected chi connectivity index (χ1v) is 9.44. The molecule has 132 valence electrons. The third-order valence-corrected chi connectivity index (χ3v) is 5.63. The molecule has 0 N–H and O–H groups in total. The molecule has 2 aliphatic heterocycles. The highest BCUT2D eigenvalue weighted by Crippen LogP contribution is 2.21. The molecule has 24 heavy (non-hydrogen) atoms. The summed E-state index contributed by atoms with van der Waals surface area (Å²) < 4.78 is 32.5. The van der Waals surface area contributed by atoms with Crippen LogP contribution in [0.3, 0.4) is 0 Å². The van der Waals surface area contributed by atoms with Crippen LogP contribution in [0, 0.1) is 11.6 Å². The Morgan fingerprint density at radius 3 is 2.79 bits per heavy atom. The second kappa shape index (κ2) is 8.27. The number of morpholine rings is 1. The van der Waals surface area contributed by atoms with Crippen LogP contribution in [0.25, 0.3) is 0 Å². The van der Waals surface area contributed by atoms with Crippen LogP contribution in [0.1, 0.15) is 16.8 Å². The molecule has 0 saturated carbocycles. The Morgan fingerprint density at radius 1 is 1.25 bits per heavy atom. The summed E-state index contributed by atoms with van der Waals surface area (Å²) in [6.45, 7) is 4.51. The molecule has 1 atom stereocenters. The van der Waals surface area contributed by atoms with E-state index in [4.69, 9.17) is 4.74 Å². The van der Waals surface area contributed by atoms with Gasteiger partial charge in [0.05, 0.1) is 24.8 Å². The Kier molecular flexibility index (Phi) is 6.08. The summed E-state index contributed by atoms with van der Waals surface area (Å²) >= 11 is 1.83. The molecule has 2 saturated heterocycles. The van der Waals surface area contributed by atoms with E-state index in [2.05, 4.69) is 4.90 Å². The minimum absolute atomic E-state index is 0.0348. The SMILES string of the molecule is O=C(c1ccc(F)cc1F)N1CCCSCC1CN1CCOCC1. The highest BCUT2D eigenvalue weighted by molar-refractivity contribution is 7.99. The minimum atomic E-state index is -0.790. The molecule has 0 radical (unpaired) electrons. The number of hydrogen-bond donors (Lipinski definition) is 0. The quantitative estimate of drug-likeness (QED) is 0.832. The van der Waals surface area contributed by atoms with Crippen LogP contribution in [-0.4, -0.2) is 72.6 Å². The van der Waals surface area contributed by atoms with Gasteiger partial charge in [0.2, 0.25) is 0 Å². The number of nitrogens with zero attached hydrogens (tertiary/aromatic N) is 2. The van der Waals surface area contributed by atoms with E-state index in [1.165, 1.54) is 6.07 Å². The van der Waals surface area contributed by atoms with Crippen molar-refractivity contribution in [1.29, 1.82) is 0 Å². The van der Waals surface area contributed by atoms with Crippen LogP contribution in [0.2, 0.25) is 0 Å². The second-order valence-electron chi connectivity index (χ2n) is 6.12. The van der Waals surface area contributed by atoms with Gasteiger partial charge in [0.25, 0.3) is 5.91 Å². The first-order chi connectivity index (χ1) is 11.6. The highest BCUT2D eigenvalue weighted by atomic mass is 32.2. The van der Waals surface area contributed by atoms with Crippen molar-refractivity contribution >= 4 is 17.7 Å². The maximum Gasteiger partial charge on any atom is 0.257 e. The number of hydrogen-bond acceptors (Lipinski definition) is 4. The van der Waals surface area contributed by atoms with Crippen LogP contribution >= 0.6 is 11.8 Å². The van der Waals surface area contributed by atoms with Crippen molar-refractivity contribution in [3.05, 3.63) is 35.4 Å². The van der Waals surface area contributed by atoms with E-state index in [9.17, 15) is 13.6 Å². The summed E-state index contributed by atoms with van der Waals surface area (Å²) in [4.78, 5) is 16.9. The van der Waals surface area contributed by atoms with Gasteiger partial charge in [-0.3, -0.25) is 9.69 Å². The predicted octanol–water partition coefficient (Wildman–Crippen LogP) is 2.24. The van der Waals surface area contributed by atoms with Gasteiger partial charge in [0.15, 0.2) is 0 Å². The molecule has 1 unspecified atom stereocenters. The van der Waals surface area contributed by atoms with Crippen LogP contribution in [0.15, 0.2) is 18.2 Å². The fourth-order valence-corrected chi connectivity index (χ4v) is 4.20. The zero-order valence-corrected chi connectivity index (χ0v) is 14.4.